The fraction of sp³-hybridized carbons (Fsp3) is 0.645. The van der Waals surface area contributed by atoms with Crippen LogP contribution in [0.2, 0.25) is 0 Å². The van der Waals surface area contributed by atoms with E-state index in [0.29, 0.717) is 30.1 Å². The Labute approximate surface area is 220 Å². The van der Waals surface area contributed by atoms with Gasteiger partial charge in [0.15, 0.2) is 5.78 Å². The van der Waals surface area contributed by atoms with Gasteiger partial charge in [0.25, 0.3) is 0 Å². The van der Waals surface area contributed by atoms with E-state index in [4.69, 9.17) is 4.74 Å². The van der Waals surface area contributed by atoms with Gasteiger partial charge < -0.3 is 9.84 Å². The van der Waals surface area contributed by atoms with E-state index in [0.717, 1.165) is 56.4 Å². The summed E-state index contributed by atoms with van der Waals surface area (Å²) in [6.07, 6.45) is 12.7. The number of hydrogen-bond donors (Lipinski definition) is 1. The number of aryl methyl sites for hydroxylation is 1. The second-order valence-corrected chi connectivity index (χ2v) is 12.8. The second kappa shape index (κ2) is 9.37. The minimum atomic E-state index is -0.162. The summed E-state index contributed by atoms with van der Waals surface area (Å²) in [5.74, 6) is 3.17. The molecule has 0 unspecified atom stereocenters. The Morgan fingerprint density at radius 1 is 1.11 bits per heavy atom. The molecule has 6 rings (SSSR count). The molecule has 6 nitrogen and oxygen atoms in total. The standard InChI is InChI=1S/C31H41N3O3/c1-20-4-7-24(8-5-20)37-19-22-17-34(33-32-22)18-29(36)28-11-10-26-25-9-6-21-16-23(35)12-14-30(21,2)27(25)13-15-31(26,28)3/h4-8,17,23,25-28,35H,9-16,18-19H2,1-3H3/t23-,25-,26-,27-,28+,30-,31-/m0/s1. The molecule has 1 aromatic heterocycles. The molecule has 7 atom stereocenters. The maximum absolute atomic E-state index is 13.6. The molecule has 37 heavy (non-hydrogen) atoms. The van der Waals surface area contributed by atoms with Crippen molar-refractivity contribution in [2.24, 2.45) is 34.5 Å². The van der Waals surface area contributed by atoms with Crippen LogP contribution in [0.25, 0.3) is 0 Å². The molecule has 0 amide bonds. The zero-order valence-corrected chi connectivity index (χ0v) is 22.5. The average molecular weight is 504 g/mol. The largest absolute Gasteiger partial charge is 0.487 e. The number of aromatic nitrogens is 3. The number of carbonyl (C=O) groups is 1. The number of hydrogen-bond acceptors (Lipinski definition) is 5. The molecule has 198 valence electrons. The Kier molecular flexibility index (Phi) is 6.29. The zero-order chi connectivity index (χ0) is 25.8. The van der Waals surface area contributed by atoms with Crippen LogP contribution < -0.4 is 4.74 Å². The van der Waals surface area contributed by atoms with Gasteiger partial charge in [-0.2, -0.15) is 0 Å². The molecule has 0 spiro atoms. The summed E-state index contributed by atoms with van der Waals surface area (Å²) in [4.78, 5) is 13.6. The first kappa shape index (κ1) is 24.8. The van der Waals surface area contributed by atoms with Crippen molar-refractivity contribution in [2.75, 3.05) is 0 Å². The van der Waals surface area contributed by atoms with Crippen LogP contribution in [-0.4, -0.2) is 32.0 Å². The number of ketones is 1. The number of allylic oxidation sites excluding steroid dienone is 1. The zero-order valence-electron chi connectivity index (χ0n) is 22.5. The average Bonchev–Trinajstić information content (AvgIpc) is 3.47. The highest BCUT2D eigenvalue weighted by molar-refractivity contribution is 5.82. The highest BCUT2D eigenvalue weighted by Crippen LogP contribution is 2.66. The fourth-order valence-corrected chi connectivity index (χ4v) is 8.71. The van der Waals surface area contributed by atoms with Crippen molar-refractivity contribution in [1.82, 2.24) is 15.0 Å². The van der Waals surface area contributed by atoms with Gasteiger partial charge in [-0.3, -0.25) is 4.79 Å². The molecule has 3 fully saturated rings. The first-order valence-electron chi connectivity index (χ1n) is 14.2. The molecule has 4 aliphatic rings. The summed E-state index contributed by atoms with van der Waals surface area (Å²) in [7, 11) is 0. The van der Waals surface area contributed by atoms with Crippen molar-refractivity contribution >= 4 is 5.78 Å². The van der Waals surface area contributed by atoms with Crippen LogP contribution in [0, 0.1) is 41.4 Å². The highest BCUT2D eigenvalue weighted by Gasteiger charge is 2.59. The molecule has 3 saturated carbocycles. The normalized spacial score (nSPS) is 36.8. The summed E-state index contributed by atoms with van der Waals surface area (Å²) < 4.78 is 7.53. The van der Waals surface area contributed by atoms with E-state index in [1.54, 1.807) is 4.68 Å². The van der Waals surface area contributed by atoms with Gasteiger partial charge >= 0.3 is 0 Å². The van der Waals surface area contributed by atoms with Crippen LogP contribution >= 0.6 is 0 Å². The third-order valence-corrected chi connectivity index (χ3v) is 10.8. The van der Waals surface area contributed by atoms with E-state index in [2.05, 4.69) is 37.2 Å². The summed E-state index contributed by atoms with van der Waals surface area (Å²) in [5.41, 5.74) is 3.76. The lowest BCUT2D eigenvalue weighted by Crippen LogP contribution is -2.51. The Bertz CT molecular complexity index is 1190. The van der Waals surface area contributed by atoms with Gasteiger partial charge in [-0.25, -0.2) is 4.68 Å². The highest BCUT2D eigenvalue weighted by atomic mass is 16.5. The van der Waals surface area contributed by atoms with Gasteiger partial charge in [-0.05, 0) is 99.0 Å². The number of ether oxygens (including phenoxy) is 1. The van der Waals surface area contributed by atoms with Crippen molar-refractivity contribution in [3.05, 3.63) is 53.4 Å². The van der Waals surface area contributed by atoms with Gasteiger partial charge in [0.2, 0.25) is 0 Å². The number of Topliss-reactive ketones (excluding diaryl/α,β-unsaturated/α-hetero) is 1. The summed E-state index contributed by atoms with van der Waals surface area (Å²) >= 11 is 0. The Morgan fingerprint density at radius 2 is 1.92 bits per heavy atom. The van der Waals surface area contributed by atoms with Crippen LogP contribution in [0.15, 0.2) is 42.1 Å². The van der Waals surface area contributed by atoms with Crippen molar-refractivity contribution < 1.29 is 14.6 Å². The third-order valence-electron chi connectivity index (χ3n) is 10.8. The number of benzene rings is 1. The van der Waals surface area contributed by atoms with E-state index in [1.807, 2.05) is 30.5 Å². The number of carbonyl (C=O) groups excluding carboxylic acids is 1. The van der Waals surface area contributed by atoms with E-state index >= 15 is 0 Å². The first-order valence-corrected chi connectivity index (χ1v) is 14.2. The molecule has 6 heteroatoms. The van der Waals surface area contributed by atoms with Gasteiger partial charge in [-0.1, -0.05) is 48.4 Å². The topological polar surface area (TPSA) is 77.2 Å². The maximum Gasteiger partial charge on any atom is 0.157 e. The van der Waals surface area contributed by atoms with E-state index < -0.39 is 0 Å². The Morgan fingerprint density at radius 3 is 2.73 bits per heavy atom. The van der Waals surface area contributed by atoms with E-state index in [-0.39, 0.29) is 29.4 Å². The molecule has 1 N–H and O–H groups in total. The lowest BCUT2D eigenvalue weighted by Gasteiger charge is -2.57. The first-order chi connectivity index (χ1) is 17.8. The van der Waals surface area contributed by atoms with Gasteiger partial charge in [0, 0.05) is 5.92 Å². The smallest absolute Gasteiger partial charge is 0.157 e. The summed E-state index contributed by atoms with van der Waals surface area (Å²) in [6, 6.07) is 7.96. The van der Waals surface area contributed by atoms with E-state index in [1.165, 1.54) is 17.6 Å². The molecule has 4 aliphatic carbocycles. The molecule has 0 radical (unpaired) electrons. The quantitative estimate of drug-likeness (QED) is 0.514. The van der Waals surface area contributed by atoms with Crippen LogP contribution in [0.4, 0.5) is 0 Å². The molecule has 0 saturated heterocycles. The number of fused-ring (bicyclic) bond motifs is 5. The minimum absolute atomic E-state index is 0.0755. The molecule has 1 aromatic carbocycles. The molecule has 1 heterocycles. The predicted octanol–water partition coefficient (Wildman–Crippen LogP) is 5.67. The van der Waals surface area contributed by atoms with Crippen LogP contribution in [-0.2, 0) is 17.9 Å². The molecular weight excluding hydrogens is 462 g/mol. The SMILES string of the molecule is Cc1ccc(OCc2cn(CC(=O)[C@H]3CC[C@H]4[C@@H]5CC=C6C[C@@H](O)CC[C@]6(C)[C@H]5CC[C@]34C)nn2)cc1. The minimum Gasteiger partial charge on any atom is -0.487 e. The number of aliphatic hydroxyl groups is 1. The van der Waals surface area contributed by atoms with Crippen LogP contribution in [0.5, 0.6) is 5.75 Å². The molecule has 2 aromatic rings. The van der Waals surface area contributed by atoms with E-state index in [9.17, 15) is 9.90 Å². The Hall–Kier alpha value is -2.47. The number of aliphatic hydroxyl groups excluding tert-OH is 1. The fourth-order valence-electron chi connectivity index (χ4n) is 8.71. The second-order valence-electron chi connectivity index (χ2n) is 12.8. The molecule has 0 aliphatic heterocycles. The summed E-state index contributed by atoms with van der Waals surface area (Å²) in [5, 5.41) is 18.8. The molecule has 0 bridgehead atoms. The predicted molar refractivity (Wildman–Crippen MR) is 142 cm³/mol. The maximum atomic E-state index is 13.6. The summed E-state index contributed by atoms with van der Waals surface area (Å²) in [6.45, 7) is 7.55. The van der Waals surface area contributed by atoms with Crippen molar-refractivity contribution in [1.29, 1.82) is 0 Å². The lowest BCUT2D eigenvalue weighted by atomic mass is 9.47. The van der Waals surface area contributed by atoms with Crippen molar-refractivity contribution in [3.8, 4) is 5.75 Å². The number of rotatable bonds is 6. The van der Waals surface area contributed by atoms with Gasteiger partial charge in [-0.15, -0.1) is 5.10 Å². The van der Waals surface area contributed by atoms with Gasteiger partial charge in [0.1, 0.15) is 24.6 Å². The van der Waals surface area contributed by atoms with Crippen LogP contribution in [0.3, 0.4) is 0 Å². The van der Waals surface area contributed by atoms with Crippen LogP contribution in [0.1, 0.15) is 76.5 Å². The van der Waals surface area contributed by atoms with Gasteiger partial charge in [0.05, 0.1) is 12.3 Å². The van der Waals surface area contributed by atoms with Crippen molar-refractivity contribution in [2.45, 2.75) is 91.4 Å². The Balaban J connectivity index is 1.11. The molecular formula is C31H41N3O3. The van der Waals surface area contributed by atoms with Crippen molar-refractivity contribution in [3.63, 3.8) is 0 Å². The third kappa shape index (κ3) is 4.35. The lowest BCUT2D eigenvalue weighted by molar-refractivity contribution is -0.130. The number of nitrogens with zero attached hydrogens (tertiary/aromatic N) is 3. The monoisotopic (exact) mass is 503 g/mol.